The maximum absolute atomic E-state index is 12.7. The number of hydrogen-bond acceptors (Lipinski definition) is 7. The first-order chi connectivity index (χ1) is 15.9. The maximum Gasteiger partial charge on any atom is 0.271 e. The summed E-state index contributed by atoms with van der Waals surface area (Å²) >= 11 is 0. The lowest BCUT2D eigenvalue weighted by atomic mass is 10.2. The Morgan fingerprint density at radius 2 is 1.76 bits per heavy atom. The first-order valence-corrected chi connectivity index (χ1v) is 11.4. The van der Waals surface area contributed by atoms with Crippen molar-refractivity contribution < 1.29 is 27.4 Å². The van der Waals surface area contributed by atoms with E-state index in [1.807, 2.05) is 0 Å². The molecule has 0 atom stereocenters. The maximum atomic E-state index is 12.7. The van der Waals surface area contributed by atoms with Crippen molar-refractivity contribution in [2.45, 2.75) is 4.90 Å². The van der Waals surface area contributed by atoms with E-state index in [-0.39, 0.29) is 10.5 Å². The average molecular weight is 468 g/mol. The first kappa shape index (κ1) is 22.2. The normalized spacial score (nSPS) is 12.9. The van der Waals surface area contributed by atoms with Gasteiger partial charge in [-0.15, -0.1) is 0 Å². The van der Waals surface area contributed by atoms with E-state index in [2.05, 4.69) is 15.2 Å². The van der Waals surface area contributed by atoms with Crippen molar-refractivity contribution in [3.63, 3.8) is 0 Å². The van der Waals surface area contributed by atoms with Crippen LogP contribution in [0, 0.1) is 0 Å². The summed E-state index contributed by atoms with van der Waals surface area (Å²) in [7, 11) is -2.37. The number of anilines is 1. The summed E-state index contributed by atoms with van der Waals surface area (Å²) in [5.74, 6) is 1.32. The minimum Gasteiger partial charge on any atom is -0.497 e. The molecule has 170 valence electrons. The first-order valence-electron chi connectivity index (χ1n) is 9.94. The largest absolute Gasteiger partial charge is 0.497 e. The summed E-state index contributed by atoms with van der Waals surface area (Å²) in [6.45, 7) is 0.970. The Morgan fingerprint density at radius 3 is 2.52 bits per heavy atom. The summed E-state index contributed by atoms with van der Waals surface area (Å²) in [5, 5.41) is 3.94. The van der Waals surface area contributed by atoms with Crippen molar-refractivity contribution in [2.75, 3.05) is 25.0 Å². The number of sulfonamides is 1. The van der Waals surface area contributed by atoms with E-state index in [0.29, 0.717) is 41.7 Å². The summed E-state index contributed by atoms with van der Waals surface area (Å²) in [5.41, 5.74) is 3.62. The highest BCUT2D eigenvalue weighted by Gasteiger charge is 2.17. The quantitative estimate of drug-likeness (QED) is 0.408. The Kier molecular flexibility index (Phi) is 6.45. The molecular weight excluding hydrogens is 446 g/mol. The van der Waals surface area contributed by atoms with Crippen LogP contribution in [0.4, 0.5) is 5.69 Å². The molecule has 4 rings (SSSR count). The van der Waals surface area contributed by atoms with Gasteiger partial charge in [0, 0.05) is 11.3 Å². The summed E-state index contributed by atoms with van der Waals surface area (Å²) in [4.78, 5) is 12.4. The molecule has 0 unspecified atom stereocenters. The van der Waals surface area contributed by atoms with Gasteiger partial charge in [0.15, 0.2) is 11.5 Å². The van der Waals surface area contributed by atoms with Gasteiger partial charge in [0.1, 0.15) is 19.0 Å². The number of nitrogens with one attached hydrogen (secondary N) is 2. The molecule has 1 heterocycles. The third-order valence-electron chi connectivity index (χ3n) is 4.69. The van der Waals surface area contributed by atoms with Crippen molar-refractivity contribution >= 4 is 27.8 Å². The fourth-order valence-electron chi connectivity index (χ4n) is 3.05. The minimum atomic E-state index is -3.90. The standard InChI is InChI=1S/C23H21N3O6S/c1-30-19-8-6-18(7-9-19)26-33(28,29)20-4-2-3-17(14-20)23(27)25-24-15-16-5-10-21-22(13-16)32-12-11-31-21/h2-10,13-15,26H,11-12H2,1H3,(H,25,27)/b24-15-. The molecule has 0 spiro atoms. The third kappa shape index (κ3) is 5.42. The van der Waals surface area contributed by atoms with Gasteiger partial charge in [-0.3, -0.25) is 9.52 Å². The fourth-order valence-corrected chi connectivity index (χ4v) is 4.15. The van der Waals surface area contributed by atoms with Crippen LogP contribution in [-0.4, -0.2) is 40.9 Å². The van der Waals surface area contributed by atoms with E-state index in [0.717, 1.165) is 0 Å². The Hall–Kier alpha value is -4.05. The number of fused-ring (bicyclic) bond motifs is 1. The molecule has 0 saturated heterocycles. The molecule has 33 heavy (non-hydrogen) atoms. The van der Waals surface area contributed by atoms with E-state index < -0.39 is 15.9 Å². The predicted octanol–water partition coefficient (Wildman–Crippen LogP) is 3.03. The van der Waals surface area contributed by atoms with Crippen LogP contribution in [0.25, 0.3) is 0 Å². The number of nitrogens with zero attached hydrogens (tertiary/aromatic N) is 1. The summed E-state index contributed by atoms with van der Waals surface area (Å²) in [6.07, 6.45) is 1.46. The zero-order valence-electron chi connectivity index (χ0n) is 17.6. The molecule has 2 N–H and O–H groups in total. The fraction of sp³-hybridized carbons (Fsp3) is 0.130. The van der Waals surface area contributed by atoms with Gasteiger partial charge in [0.25, 0.3) is 15.9 Å². The number of hydrogen-bond donors (Lipinski definition) is 2. The topological polar surface area (TPSA) is 115 Å². The molecule has 1 amide bonds. The van der Waals surface area contributed by atoms with Crippen LogP contribution in [0.1, 0.15) is 15.9 Å². The molecule has 1 aliphatic rings. The zero-order valence-corrected chi connectivity index (χ0v) is 18.5. The van der Waals surface area contributed by atoms with E-state index in [1.54, 1.807) is 42.5 Å². The molecule has 0 saturated carbocycles. The van der Waals surface area contributed by atoms with Gasteiger partial charge >= 0.3 is 0 Å². The average Bonchev–Trinajstić information content (AvgIpc) is 2.84. The number of carbonyl (C=O) groups is 1. The summed E-state index contributed by atoms with van der Waals surface area (Å²) in [6, 6.07) is 17.4. The van der Waals surface area contributed by atoms with Gasteiger partial charge in [-0.05, 0) is 66.2 Å². The van der Waals surface area contributed by atoms with Gasteiger partial charge < -0.3 is 14.2 Å². The van der Waals surface area contributed by atoms with E-state index in [4.69, 9.17) is 14.2 Å². The lowest BCUT2D eigenvalue weighted by Gasteiger charge is -2.18. The van der Waals surface area contributed by atoms with Gasteiger partial charge in [-0.25, -0.2) is 13.8 Å². The number of ether oxygens (including phenoxy) is 3. The highest BCUT2D eigenvalue weighted by atomic mass is 32.2. The second-order valence-corrected chi connectivity index (χ2v) is 8.65. The predicted molar refractivity (Wildman–Crippen MR) is 123 cm³/mol. The zero-order chi connectivity index (χ0) is 23.3. The third-order valence-corrected chi connectivity index (χ3v) is 6.07. The van der Waals surface area contributed by atoms with Crippen molar-refractivity contribution in [1.82, 2.24) is 5.43 Å². The van der Waals surface area contributed by atoms with Crippen LogP contribution in [0.15, 0.2) is 76.7 Å². The highest BCUT2D eigenvalue weighted by Crippen LogP contribution is 2.30. The summed E-state index contributed by atoms with van der Waals surface area (Å²) < 4.78 is 44.0. The number of methoxy groups -OCH3 is 1. The lowest BCUT2D eigenvalue weighted by molar-refractivity contribution is 0.0955. The molecule has 9 nitrogen and oxygen atoms in total. The van der Waals surface area contributed by atoms with Crippen molar-refractivity contribution in [3.05, 3.63) is 77.9 Å². The molecule has 0 aliphatic carbocycles. The monoisotopic (exact) mass is 467 g/mol. The second kappa shape index (κ2) is 9.61. The van der Waals surface area contributed by atoms with Gasteiger partial charge in [0.05, 0.1) is 18.2 Å². The molecule has 3 aromatic carbocycles. The lowest BCUT2D eigenvalue weighted by Crippen LogP contribution is -2.19. The van der Waals surface area contributed by atoms with Crippen LogP contribution in [-0.2, 0) is 10.0 Å². The van der Waals surface area contributed by atoms with E-state index in [1.165, 1.54) is 37.6 Å². The Bertz CT molecular complexity index is 1290. The SMILES string of the molecule is COc1ccc(NS(=O)(=O)c2cccc(C(=O)N/N=C\c3ccc4c(c3)OCCO4)c2)cc1. The molecule has 10 heteroatoms. The van der Waals surface area contributed by atoms with Gasteiger partial charge in [0.2, 0.25) is 0 Å². The molecule has 0 aromatic heterocycles. The minimum absolute atomic E-state index is 0.0539. The van der Waals surface area contributed by atoms with Crippen LogP contribution in [0.5, 0.6) is 17.2 Å². The number of carbonyl (C=O) groups excluding carboxylic acids is 1. The molecule has 0 radical (unpaired) electrons. The molecular formula is C23H21N3O6S. The van der Waals surface area contributed by atoms with Crippen LogP contribution in [0.3, 0.4) is 0 Å². The molecule has 0 fully saturated rings. The number of amides is 1. The van der Waals surface area contributed by atoms with Crippen LogP contribution >= 0.6 is 0 Å². The molecule has 1 aliphatic heterocycles. The van der Waals surface area contributed by atoms with Crippen molar-refractivity contribution in [3.8, 4) is 17.2 Å². The van der Waals surface area contributed by atoms with Crippen molar-refractivity contribution in [2.24, 2.45) is 5.10 Å². The highest BCUT2D eigenvalue weighted by molar-refractivity contribution is 7.92. The number of benzene rings is 3. The van der Waals surface area contributed by atoms with Gasteiger partial charge in [-0.2, -0.15) is 5.10 Å². The van der Waals surface area contributed by atoms with E-state index >= 15 is 0 Å². The Labute approximate surface area is 191 Å². The number of hydrazone groups is 1. The number of rotatable bonds is 7. The van der Waals surface area contributed by atoms with Crippen molar-refractivity contribution in [1.29, 1.82) is 0 Å². The smallest absolute Gasteiger partial charge is 0.271 e. The Balaban J connectivity index is 1.43. The molecule has 3 aromatic rings. The van der Waals surface area contributed by atoms with E-state index in [9.17, 15) is 13.2 Å². The Morgan fingerprint density at radius 1 is 1.00 bits per heavy atom. The van der Waals surface area contributed by atoms with Crippen LogP contribution in [0.2, 0.25) is 0 Å². The second-order valence-electron chi connectivity index (χ2n) is 6.96. The van der Waals surface area contributed by atoms with Crippen LogP contribution < -0.4 is 24.4 Å². The molecule has 0 bridgehead atoms. The van der Waals surface area contributed by atoms with Gasteiger partial charge in [-0.1, -0.05) is 6.07 Å².